The first kappa shape index (κ1) is 25.3. The number of hydrogen-bond donors (Lipinski definition) is 1. The Kier molecular flexibility index (Phi) is 6.23. The molecule has 4 bridgehead atoms. The van der Waals surface area contributed by atoms with Crippen molar-refractivity contribution < 1.29 is 22.6 Å². The van der Waals surface area contributed by atoms with E-state index in [1.54, 1.807) is 7.11 Å². The zero-order valence-electron chi connectivity index (χ0n) is 22.2. The molecule has 4 fully saturated rings. The molecule has 0 amide bonds. The van der Waals surface area contributed by atoms with Gasteiger partial charge in [0.25, 0.3) is 0 Å². The van der Waals surface area contributed by atoms with Crippen LogP contribution in [0.25, 0.3) is 5.57 Å². The first-order valence-corrected chi connectivity index (χ1v) is 13.7. The van der Waals surface area contributed by atoms with E-state index in [4.69, 9.17) is 9.47 Å². The summed E-state index contributed by atoms with van der Waals surface area (Å²) < 4.78 is 49.9. The molecule has 1 aromatic heterocycles. The minimum absolute atomic E-state index is 0.0464. The molecule has 0 saturated heterocycles. The van der Waals surface area contributed by atoms with Gasteiger partial charge >= 0.3 is 6.18 Å². The van der Waals surface area contributed by atoms with Crippen LogP contribution in [-0.2, 0) is 12.8 Å². The van der Waals surface area contributed by atoms with Gasteiger partial charge in [0.2, 0.25) is 0 Å². The highest BCUT2D eigenvalue weighted by atomic mass is 19.4. The summed E-state index contributed by atoms with van der Waals surface area (Å²) in [5.41, 5.74) is 5.16. The first-order valence-electron chi connectivity index (χ1n) is 13.7. The largest absolute Gasteiger partial charge is 0.493 e. The fourth-order valence-electron chi connectivity index (χ4n) is 7.96. The summed E-state index contributed by atoms with van der Waals surface area (Å²) >= 11 is 0. The van der Waals surface area contributed by atoms with Crippen LogP contribution in [0.4, 0.5) is 13.2 Å². The number of hydrogen-bond acceptors (Lipinski definition) is 4. The minimum Gasteiger partial charge on any atom is -0.493 e. The third-order valence-electron chi connectivity index (χ3n) is 9.48. The minimum atomic E-state index is -4.41. The van der Waals surface area contributed by atoms with Gasteiger partial charge in [-0.2, -0.15) is 13.2 Å². The van der Waals surface area contributed by atoms with E-state index in [1.807, 2.05) is 18.2 Å². The lowest BCUT2D eigenvalue weighted by Crippen LogP contribution is -2.49. The van der Waals surface area contributed by atoms with E-state index >= 15 is 0 Å². The van der Waals surface area contributed by atoms with E-state index < -0.39 is 11.7 Å². The average molecular weight is 525 g/mol. The Balaban J connectivity index is 1.18. The fraction of sp³-hybridized carbons (Fsp3) is 0.516. The van der Waals surface area contributed by atoms with Crippen molar-refractivity contribution >= 4 is 5.57 Å². The van der Waals surface area contributed by atoms with E-state index in [-0.39, 0.29) is 12.5 Å². The second-order valence-corrected chi connectivity index (χ2v) is 11.9. The molecule has 4 nitrogen and oxygen atoms in total. The molecule has 0 unspecified atom stereocenters. The molecule has 7 rings (SSSR count). The quantitative estimate of drug-likeness (QED) is 0.419. The summed E-state index contributed by atoms with van der Waals surface area (Å²) in [5, 5.41) is 3.78. The molecule has 4 aliphatic carbocycles. The van der Waals surface area contributed by atoms with Gasteiger partial charge in [0.1, 0.15) is 6.61 Å². The van der Waals surface area contributed by atoms with E-state index in [1.165, 1.54) is 61.4 Å². The van der Waals surface area contributed by atoms with Gasteiger partial charge in [-0.15, -0.1) is 0 Å². The van der Waals surface area contributed by atoms with Crippen LogP contribution in [0, 0.1) is 29.1 Å². The predicted octanol–water partition coefficient (Wildman–Crippen LogP) is 7.76. The van der Waals surface area contributed by atoms with E-state index in [0.29, 0.717) is 22.6 Å². The summed E-state index contributed by atoms with van der Waals surface area (Å²) in [4.78, 5) is 3.89. The SMILES string of the molecule is COc1cc(C2=CNC(C34CC5CC(CC(C5)C3)C4)=C(C)[C@H]2C)ccc1OCc1ccc(C(F)(F)F)cn1. The third-order valence-corrected chi connectivity index (χ3v) is 9.48. The van der Waals surface area contributed by atoms with Gasteiger partial charge in [0.15, 0.2) is 11.5 Å². The van der Waals surface area contributed by atoms with Crippen molar-refractivity contribution in [2.75, 3.05) is 7.11 Å². The fourth-order valence-corrected chi connectivity index (χ4v) is 7.96. The lowest BCUT2D eigenvalue weighted by Gasteiger charge is -2.58. The molecule has 38 heavy (non-hydrogen) atoms. The van der Waals surface area contributed by atoms with Crippen LogP contribution in [0.5, 0.6) is 11.5 Å². The summed E-state index contributed by atoms with van der Waals surface area (Å²) in [6.07, 6.45) is 6.92. The van der Waals surface area contributed by atoms with Gasteiger partial charge in [0.05, 0.1) is 18.4 Å². The van der Waals surface area contributed by atoms with Crippen molar-refractivity contribution in [3.8, 4) is 11.5 Å². The lowest BCUT2D eigenvalue weighted by molar-refractivity contribution is -0.137. The molecule has 1 aliphatic heterocycles. The number of aromatic nitrogens is 1. The first-order chi connectivity index (χ1) is 18.1. The highest BCUT2D eigenvalue weighted by molar-refractivity contribution is 5.73. The smallest absolute Gasteiger partial charge is 0.417 e. The average Bonchev–Trinajstić information content (AvgIpc) is 2.88. The molecule has 1 atom stereocenters. The molecule has 4 saturated carbocycles. The molecule has 7 heteroatoms. The van der Waals surface area contributed by atoms with Crippen molar-refractivity contribution in [1.29, 1.82) is 0 Å². The molecule has 2 aromatic rings. The Labute approximate surface area is 222 Å². The van der Waals surface area contributed by atoms with Crippen molar-refractivity contribution in [2.24, 2.45) is 29.1 Å². The standard InChI is InChI=1S/C31H35F3N2O2/c1-18-19(2)29(30-12-20-8-21(13-30)10-22(9-20)14-30)36-16-26(18)23-4-7-27(28(11-23)37-3)38-17-25-6-5-24(15-35-25)31(32,33)34/h4-7,11,15-16,18,20-22,36H,8-10,12-14,17H2,1-3H3/t18-,20?,21?,22?,30?/m1/s1. The normalized spacial score (nSPS) is 30.2. The van der Waals surface area contributed by atoms with Gasteiger partial charge in [-0.25, -0.2) is 0 Å². The number of nitrogens with zero attached hydrogens (tertiary/aromatic N) is 1. The van der Waals surface area contributed by atoms with Crippen molar-refractivity contribution in [3.63, 3.8) is 0 Å². The number of allylic oxidation sites excluding steroid dienone is 3. The van der Waals surface area contributed by atoms with Crippen LogP contribution in [-0.4, -0.2) is 12.1 Å². The van der Waals surface area contributed by atoms with Gasteiger partial charge in [-0.1, -0.05) is 13.0 Å². The molecular weight excluding hydrogens is 489 g/mol. The van der Waals surface area contributed by atoms with Crippen molar-refractivity contribution in [2.45, 2.75) is 65.2 Å². The maximum atomic E-state index is 12.8. The van der Waals surface area contributed by atoms with Gasteiger partial charge in [0, 0.05) is 29.4 Å². The number of benzene rings is 1. The maximum Gasteiger partial charge on any atom is 0.417 e. The van der Waals surface area contributed by atoms with E-state index in [0.717, 1.165) is 35.6 Å². The third kappa shape index (κ3) is 4.48. The Hall–Kier alpha value is -2.96. The molecule has 1 N–H and O–H groups in total. The number of alkyl halides is 3. The topological polar surface area (TPSA) is 43.4 Å². The second kappa shape index (κ2) is 9.35. The summed E-state index contributed by atoms with van der Waals surface area (Å²) in [7, 11) is 1.59. The highest BCUT2D eigenvalue weighted by Crippen LogP contribution is 2.63. The van der Waals surface area contributed by atoms with Crippen LogP contribution < -0.4 is 14.8 Å². The lowest BCUT2D eigenvalue weighted by atomic mass is 9.48. The number of dihydropyridines is 1. The maximum absolute atomic E-state index is 12.8. The van der Waals surface area contributed by atoms with Gasteiger partial charge < -0.3 is 14.8 Å². The number of halogens is 3. The van der Waals surface area contributed by atoms with Crippen LogP contribution >= 0.6 is 0 Å². The zero-order chi connectivity index (χ0) is 26.7. The number of ether oxygens (including phenoxy) is 2. The summed E-state index contributed by atoms with van der Waals surface area (Å²) in [6.45, 7) is 4.63. The van der Waals surface area contributed by atoms with Crippen LogP contribution in [0.3, 0.4) is 0 Å². The van der Waals surface area contributed by atoms with Crippen LogP contribution in [0.1, 0.15) is 69.2 Å². The van der Waals surface area contributed by atoms with Gasteiger partial charge in [-0.3, -0.25) is 4.98 Å². The molecule has 2 heterocycles. The Morgan fingerprint density at radius 3 is 2.26 bits per heavy atom. The van der Waals surface area contributed by atoms with Crippen molar-refractivity contribution in [1.82, 2.24) is 10.3 Å². The van der Waals surface area contributed by atoms with E-state index in [9.17, 15) is 13.2 Å². The summed E-state index contributed by atoms with van der Waals surface area (Å²) in [6, 6.07) is 8.21. The molecule has 1 aromatic carbocycles. The Bertz CT molecular complexity index is 1240. The second-order valence-electron chi connectivity index (χ2n) is 11.9. The Morgan fingerprint density at radius 2 is 1.68 bits per heavy atom. The highest BCUT2D eigenvalue weighted by Gasteiger charge is 2.53. The predicted molar refractivity (Wildman–Crippen MR) is 140 cm³/mol. The molecule has 0 radical (unpaired) electrons. The Morgan fingerprint density at radius 1 is 1.00 bits per heavy atom. The van der Waals surface area contributed by atoms with E-state index in [2.05, 4.69) is 30.3 Å². The molecule has 5 aliphatic rings. The molecular formula is C31H35F3N2O2. The molecule has 0 spiro atoms. The monoisotopic (exact) mass is 524 g/mol. The molecule has 202 valence electrons. The van der Waals surface area contributed by atoms with Crippen molar-refractivity contribution in [3.05, 3.63) is 70.8 Å². The van der Waals surface area contributed by atoms with Crippen LogP contribution in [0.2, 0.25) is 0 Å². The van der Waals surface area contributed by atoms with Gasteiger partial charge in [-0.05, 0) is 104 Å². The van der Waals surface area contributed by atoms with Crippen LogP contribution in [0.15, 0.2) is 54.0 Å². The number of nitrogens with one attached hydrogen (secondary N) is 1. The number of methoxy groups -OCH3 is 1. The summed E-state index contributed by atoms with van der Waals surface area (Å²) in [5.74, 6) is 4.09. The zero-order valence-corrected chi connectivity index (χ0v) is 22.2. The number of rotatable bonds is 6. The number of pyridine rings is 1.